The number of rotatable bonds is 9. The normalized spacial score (nSPS) is 19.9. The lowest BCUT2D eigenvalue weighted by atomic mass is 9.97. The van der Waals surface area contributed by atoms with E-state index in [9.17, 15) is 18.0 Å². The first-order valence-electron chi connectivity index (χ1n) is 11.3. The topological polar surface area (TPSA) is 108 Å². The average molecular weight is 467 g/mol. The SMILES string of the molecule is CC(NC(=O)C1CCN(S(=O)(=O)c2ccccc2)CC1)C(=O)NCCCN1CCOCC1. The summed E-state index contributed by atoms with van der Waals surface area (Å²) in [6.07, 6.45) is 1.72. The molecule has 0 spiro atoms. The molecule has 1 atom stereocenters. The number of benzene rings is 1. The van der Waals surface area contributed by atoms with Crippen LogP contribution in [0.15, 0.2) is 35.2 Å². The summed E-state index contributed by atoms with van der Waals surface area (Å²) >= 11 is 0. The number of nitrogens with zero attached hydrogens (tertiary/aromatic N) is 2. The van der Waals surface area contributed by atoms with Crippen LogP contribution in [0.1, 0.15) is 26.2 Å². The van der Waals surface area contributed by atoms with Crippen molar-refractivity contribution in [3.05, 3.63) is 30.3 Å². The summed E-state index contributed by atoms with van der Waals surface area (Å²) in [6, 6.07) is 7.70. The molecule has 0 aromatic heterocycles. The summed E-state index contributed by atoms with van der Waals surface area (Å²) in [7, 11) is -3.54. The third-order valence-corrected chi connectivity index (χ3v) is 7.92. The molecule has 10 heteroatoms. The van der Waals surface area contributed by atoms with Gasteiger partial charge in [-0.15, -0.1) is 0 Å². The quantitative estimate of drug-likeness (QED) is 0.511. The van der Waals surface area contributed by atoms with Crippen LogP contribution in [0, 0.1) is 5.92 Å². The Kier molecular flexibility index (Phi) is 9.03. The molecule has 2 amide bonds. The molecule has 0 radical (unpaired) electrons. The number of sulfonamides is 1. The van der Waals surface area contributed by atoms with Crippen molar-refractivity contribution in [2.75, 3.05) is 52.5 Å². The molecule has 2 fully saturated rings. The number of nitrogens with one attached hydrogen (secondary N) is 2. The number of morpholine rings is 1. The molecule has 2 N–H and O–H groups in total. The maximum atomic E-state index is 12.7. The van der Waals surface area contributed by atoms with Gasteiger partial charge >= 0.3 is 0 Å². The Labute approximate surface area is 190 Å². The van der Waals surface area contributed by atoms with Gasteiger partial charge in [0.05, 0.1) is 18.1 Å². The van der Waals surface area contributed by atoms with Crippen LogP contribution in [0.2, 0.25) is 0 Å². The fourth-order valence-corrected chi connectivity index (χ4v) is 5.48. The number of carbonyl (C=O) groups is 2. The van der Waals surface area contributed by atoms with Crippen LogP contribution in [0.3, 0.4) is 0 Å². The fourth-order valence-electron chi connectivity index (χ4n) is 3.99. The molecule has 1 aromatic rings. The smallest absolute Gasteiger partial charge is 0.243 e. The Balaban J connectivity index is 1.37. The van der Waals surface area contributed by atoms with Crippen molar-refractivity contribution in [2.45, 2.75) is 37.1 Å². The van der Waals surface area contributed by atoms with E-state index < -0.39 is 16.1 Å². The lowest BCUT2D eigenvalue weighted by Crippen LogP contribution is -2.49. The van der Waals surface area contributed by atoms with Crippen LogP contribution in [0.4, 0.5) is 0 Å². The minimum absolute atomic E-state index is 0.197. The van der Waals surface area contributed by atoms with Crippen LogP contribution in [-0.4, -0.2) is 88.0 Å². The Morgan fingerprint density at radius 1 is 1.09 bits per heavy atom. The number of piperidine rings is 1. The van der Waals surface area contributed by atoms with Crippen molar-refractivity contribution in [3.63, 3.8) is 0 Å². The zero-order valence-corrected chi connectivity index (χ0v) is 19.5. The van der Waals surface area contributed by atoms with E-state index in [4.69, 9.17) is 4.74 Å². The number of hydrogen-bond acceptors (Lipinski definition) is 6. The number of amides is 2. The predicted octanol–water partition coefficient (Wildman–Crippen LogP) is 0.431. The van der Waals surface area contributed by atoms with E-state index in [0.717, 1.165) is 39.3 Å². The molecular weight excluding hydrogens is 432 g/mol. The summed E-state index contributed by atoms with van der Waals surface area (Å²) in [6.45, 7) is 7.08. The van der Waals surface area contributed by atoms with Crippen LogP contribution in [-0.2, 0) is 24.3 Å². The predicted molar refractivity (Wildman–Crippen MR) is 120 cm³/mol. The zero-order valence-electron chi connectivity index (χ0n) is 18.7. The first kappa shape index (κ1) is 24.6. The fraction of sp³-hybridized carbons (Fsp3) is 0.636. The van der Waals surface area contributed by atoms with Gasteiger partial charge < -0.3 is 15.4 Å². The molecular formula is C22H34N4O5S. The minimum atomic E-state index is -3.54. The minimum Gasteiger partial charge on any atom is -0.379 e. The van der Waals surface area contributed by atoms with Crippen LogP contribution in [0.25, 0.3) is 0 Å². The molecule has 2 saturated heterocycles. The zero-order chi connectivity index (χ0) is 23.0. The third kappa shape index (κ3) is 6.74. The summed E-state index contributed by atoms with van der Waals surface area (Å²) in [4.78, 5) is 27.5. The van der Waals surface area contributed by atoms with Crippen LogP contribution < -0.4 is 10.6 Å². The standard InChI is InChI=1S/C22H34N4O5S/c1-18(21(27)23-10-5-11-25-14-16-31-17-15-25)24-22(28)19-8-12-26(13-9-19)32(29,30)20-6-3-2-4-7-20/h2-4,6-7,18-19H,5,8-17H2,1H3,(H,23,27)(H,24,28). The first-order valence-corrected chi connectivity index (χ1v) is 12.8. The monoisotopic (exact) mass is 466 g/mol. The number of carbonyl (C=O) groups excluding carboxylic acids is 2. The van der Waals surface area contributed by atoms with Gasteiger partial charge in [-0.25, -0.2) is 8.42 Å². The Morgan fingerprint density at radius 2 is 1.75 bits per heavy atom. The molecule has 1 unspecified atom stereocenters. The van der Waals surface area contributed by atoms with E-state index in [2.05, 4.69) is 15.5 Å². The van der Waals surface area contributed by atoms with Crippen molar-refractivity contribution in [2.24, 2.45) is 5.92 Å². The summed E-state index contributed by atoms with van der Waals surface area (Å²) < 4.78 is 32.2. The highest BCUT2D eigenvalue weighted by Gasteiger charge is 2.32. The second-order valence-electron chi connectivity index (χ2n) is 8.32. The molecule has 2 aliphatic heterocycles. The molecule has 3 rings (SSSR count). The second-order valence-corrected chi connectivity index (χ2v) is 10.3. The van der Waals surface area contributed by atoms with Gasteiger partial charge in [0.1, 0.15) is 6.04 Å². The molecule has 9 nitrogen and oxygen atoms in total. The van der Waals surface area contributed by atoms with E-state index >= 15 is 0 Å². The van der Waals surface area contributed by atoms with Gasteiger partial charge in [-0.2, -0.15) is 4.31 Å². The van der Waals surface area contributed by atoms with Gasteiger partial charge in [-0.3, -0.25) is 14.5 Å². The summed E-state index contributed by atoms with van der Waals surface area (Å²) in [5.41, 5.74) is 0. The van der Waals surface area contributed by atoms with Crippen molar-refractivity contribution in [1.29, 1.82) is 0 Å². The van der Waals surface area contributed by atoms with Crippen molar-refractivity contribution in [1.82, 2.24) is 19.8 Å². The Bertz CT molecular complexity index is 850. The van der Waals surface area contributed by atoms with Gasteiger partial charge in [-0.1, -0.05) is 18.2 Å². The van der Waals surface area contributed by atoms with Gasteiger partial charge in [0.2, 0.25) is 21.8 Å². The molecule has 178 valence electrons. The highest BCUT2D eigenvalue weighted by Crippen LogP contribution is 2.24. The van der Waals surface area contributed by atoms with E-state index in [1.165, 1.54) is 4.31 Å². The summed E-state index contributed by atoms with van der Waals surface area (Å²) in [5, 5.41) is 5.66. The second kappa shape index (κ2) is 11.7. The Morgan fingerprint density at radius 3 is 2.41 bits per heavy atom. The molecule has 32 heavy (non-hydrogen) atoms. The highest BCUT2D eigenvalue weighted by molar-refractivity contribution is 7.89. The van der Waals surface area contributed by atoms with Crippen LogP contribution in [0.5, 0.6) is 0 Å². The lowest BCUT2D eigenvalue weighted by molar-refractivity contribution is -0.131. The number of ether oxygens (including phenoxy) is 1. The van der Waals surface area contributed by atoms with Gasteiger partial charge in [0.25, 0.3) is 0 Å². The molecule has 1 aromatic carbocycles. The molecule has 0 aliphatic carbocycles. The average Bonchev–Trinajstić information content (AvgIpc) is 2.83. The van der Waals surface area contributed by atoms with E-state index in [1.807, 2.05) is 0 Å². The molecule has 2 aliphatic rings. The maximum absolute atomic E-state index is 12.7. The molecule has 0 bridgehead atoms. The molecule has 2 heterocycles. The first-order chi connectivity index (χ1) is 15.4. The summed E-state index contributed by atoms with van der Waals surface area (Å²) in [5.74, 6) is -0.698. The maximum Gasteiger partial charge on any atom is 0.243 e. The number of hydrogen-bond donors (Lipinski definition) is 2. The van der Waals surface area contributed by atoms with Gasteiger partial charge in [0, 0.05) is 38.6 Å². The lowest BCUT2D eigenvalue weighted by Gasteiger charge is -2.31. The van der Waals surface area contributed by atoms with E-state index in [1.54, 1.807) is 37.3 Å². The van der Waals surface area contributed by atoms with Crippen molar-refractivity contribution < 1.29 is 22.7 Å². The van der Waals surface area contributed by atoms with Crippen molar-refractivity contribution in [3.8, 4) is 0 Å². The van der Waals surface area contributed by atoms with E-state index in [0.29, 0.717) is 19.4 Å². The van der Waals surface area contributed by atoms with E-state index in [-0.39, 0.29) is 35.7 Å². The van der Waals surface area contributed by atoms with Crippen LogP contribution >= 0.6 is 0 Å². The molecule has 0 saturated carbocycles. The largest absolute Gasteiger partial charge is 0.379 e. The third-order valence-electron chi connectivity index (χ3n) is 6.01. The van der Waals surface area contributed by atoms with Crippen molar-refractivity contribution >= 4 is 21.8 Å². The highest BCUT2D eigenvalue weighted by atomic mass is 32.2. The van der Waals surface area contributed by atoms with Gasteiger partial charge in [-0.05, 0) is 44.9 Å². The van der Waals surface area contributed by atoms with Gasteiger partial charge in [0.15, 0.2) is 0 Å². The Hall–Kier alpha value is -2.01.